The lowest BCUT2D eigenvalue weighted by atomic mass is 9.82. The van der Waals surface area contributed by atoms with Gasteiger partial charge in [0.05, 0.1) is 11.4 Å². The van der Waals surface area contributed by atoms with Crippen LogP contribution < -0.4 is 4.90 Å². The second-order valence-corrected chi connectivity index (χ2v) is 11.8. The van der Waals surface area contributed by atoms with Crippen molar-refractivity contribution in [3.05, 3.63) is 163 Å². The van der Waals surface area contributed by atoms with Crippen LogP contribution in [0.15, 0.2) is 152 Å². The second kappa shape index (κ2) is 9.46. The van der Waals surface area contributed by atoms with Crippen LogP contribution in [-0.4, -0.2) is 0 Å². The average Bonchev–Trinajstić information content (AvgIpc) is 3.28. The summed E-state index contributed by atoms with van der Waals surface area (Å²) in [5, 5.41) is 5.01. The monoisotopic (exact) mass is 537 g/mol. The maximum atomic E-state index is 2.46. The van der Waals surface area contributed by atoms with Crippen molar-refractivity contribution in [2.75, 3.05) is 4.90 Å². The molecule has 0 fully saturated rings. The van der Waals surface area contributed by atoms with Gasteiger partial charge in [-0.2, -0.15) is 0 Å². The molecule has 0 heterocycles. The Balaban J connectivity index is 1.37. The van der Waals surface area contributed by atoms with Gasteiger partial charge < -0.3 is 4.90 Å². The third-order valence-corrected chi connectivity index (χ3v) is 9.06. The molecule has 0 amide bonds. The highest BCUT2D eigenvalue weighted by atomic mass is 15.1. The van der Waals surface area contributed by atoms with Gasteiger partial charge in [-0.25, -0.2) is 0 Å². The predicted octanol–water partition coefficient (Wildman–Crippen LogP) is 11.4. The van der Waals surface area contributed by atoms with Crippen LogP contribution in [0.2, 0.25) is 0 Å². The maximum absolute atomic E-state index is 2.46. The third-order valence-electron chi connectivity index (χ3n) is 9.06. The molecule has 1 nitrogen and oxygen atoms in total. The minimum atomic E-state index is -0.0649. The summed E-state index contributed by atoms with van der Waals surface area (Å²) in [7, 11) is 0. The molecule has 7 aromatic carbocycles. The standard InChI is InChI=1S/C41H31N/c1-41(2)36-20-8-7-18-35(36)40-37(41)21-11-23-39(40)42(38-22-10-15-29-13-4-6-17-34(29)38)31-26-24-30(25-27-31)33-19-9-14-28-12-3-5-16-32(28)33/h3-27H,1-2H3. The molecule has 0 atom stereocenters. The van der Waals surface area contributed by atoms with E-state index in [9.17, 15) is 0 Å². The van der Waals surface area contributed by atoms with Crippen LogP contribution >= 0.6 is 0 Å². The van der Waals surface area contributed by atoms with E-state index in [1.807, 2.05) is 0 Å². The molecular weight excluding hydrogens is 506 g/mol. The van der Waals surface area contributed by atoms with Gasteiger partial charge in [0.25, 0.3) is 0 Å². The summed E-state index contributed by atoms with van der Waals surface area (Å²) in [6.45, 7) is 4.70. The van der Waals surface area contributed by atoms with E-state index in [1.54, 1.807) is 0 Å². The molecule has 0 saturated carbocycles. The molecule has 0 unspecified atom stereocenters. The lowest BCUT2D eigenvalue weighted by molar-refractivity contribution is 0.660. The predicted molar refractivity (Wildman–Crippen MR) is 179 cm³/mol. The average molecular weight is 538 g/mol. The Kier molecular flexibility index (Phi) is 5.55. The molecule has 0 aromatic heterocycles. The van der Waals surface area contributed by atoms with Gasteiger partial charge in [-0.3, -0.25) is 0 Å². The van der Waals surface area contributed by atoms with Crippen LogP contribution in [0.1, 0.15) is 25.0 Å². The SMILES string of the molecule is CC1(C)c2ccccc2-c2c(N(c3ccc(-c4cccc5ccccc45)cc3)c3cccc4ccccc34)cccc21. The Labute approximate surface area is 247 Å². The summed E-state index contributed by atoms with van der Waals surface area (Å²) in [6, 6.07) is 55.4. The van der Waals surface area contributed by atoms with Crippen LogP contribution in [0.25, 0.3) is 43.8 Å². The highest BCUT2D eigenvalue weighted by Gasteiger charge is 2.37. The van der Waals surface area contributed by atoms with E-state index in [1.165, 1.54) is 66.3 Å². The Hall–Kier alpha value is -5.14. The highest BCUT2D eigenvalue weighted by molar-refractivity contribution is 6.03. The van der Waals surface area contributed by atoms with Gasteiger partial charge in [-0.05, 0) is 68.2 Å². The molecular formula is C41H31N. The molecule has 200 valence electrons. The first kappa shape index (κ1) is 24.6. The molecule has 8 rings (SSSR count). The normalized spacial score (nSPS) is 13.2. The molecule has 1 aliphatic rings. The first-order valence-corrected chi connectivity index (χ1v) is 14.7. The Morgan fingerprint density at radius 1 is 0.429 bits per heavy atom. The van der Waals surface area contributed by atoms with Gasteiger partial charge in [0, 0.05) is 22.1 Å². The molecule has 7 aromatic rings. The molecule has 1 aliphatic carbocycles. The quantitative estimate of drug-likeness (QED) is 0.216. The van der Waals surface area contributed by atoms with Crippen LogP contribution in [0.4, 0.5) is 17.1 Å². The highest BCUT2D eigenvalue weighted by Crippen LogP contribution is 2.54. The summed E-state index contributed by atoms with van der Waals surface area (Å²) in [4.78, 5) is 2.46. The maximum Gasteiger partial charge on any atom is 0.0543 e. The van der Waals surface area contributed by atoms with Crippen molar-refractivity contribution in [3.63, 3.8) is 0 Å². The van der Waals surface area contributed by atoms with Gasteiger partial charge in [0.15, 0.2) is 0 Å². The summed E-state index contributed by atoms with van der Waals surface area (Å²) in [6.07, 6.45) is 0. The van der Waals surface area contributed by atoms with E-state index < -0.39 is 0 Å². The van der Waals surface area contributed by atoms with Gasteiger partial charge in [0.2, 0.25) is 0 Å². The van der Waals surface area contributed by atoms with Crippen molar-refractivity contribution in [1.29, 1.82) is 0 Å². The number of benzene rings is 7. The fourth-order valence-corrected chi connectivity index (χ4v) is 7.00. The number of hydrogen-bond acceptors (Lipinski definition) is 1. The second-order valence-electron chi connectivity index (χ2n) is 11.8. The zero-order chi connectivity index (χ0) is 28.3. The molecule has 0 aliphatic heterocycles. The largest absolute Gasteiger partial charge is 0.309 e. The fraction of sp³-hybridized carbons (Fsp3) is 0.0732. The van der Waals surface area contributed by atoms with Gasteiger partial charge in [-0.1, -0.05) is 141 Å². The number of rotatable bonds is 4. The van der Waals surface area contributed by atoms with E-state index >= 15 is 0 Å². The number of anilines is 3. The van der Waals surface area contributed by atoms with E-state index in [2.05, 4.69) is 170 Å². The number of nitrogens with zero attached hydrogens (tertiary/aromatic N) is 1. The molecule has 1 heteroatoms. The fourth-order valence-electron chi connectivity index (χ4n) is 7.00. The summed E-state index contributed by atoms with van der Waals surface area (Å²) in [5.74, 6) is 0. The first-order chi connectivity index (χ1) is 20.6. The van der Waals surface area contributed by atoms with Gasteiger partial charge >= 0.3 is 0 Å². The minimum absolute atomic E-state index is 0.0649. The Morgan fingerprint density at radius 2 is 0.976 bits per heavy atom. The van der Waals surface area contributed by atoms with Crippen LogP contribution in [0.3, 0.4) is 0 Å². The van der Waals surface area contributed by atoms with Crippen LogP contribution in [-0.2, 0) is 5.41 Å². The van der Waals surface area contributed by atoms with Gasteiger partial charge in [-0.15, -0.1) is 0 Å². The minimum Gasteiger partial charge on any atom is -0.309 e. The van der Waals surface area contributed by atoms with Crippen molar-refractivity contribution >= 4 is 38.6 Å². The summed E-state index contributed by atoms with van der Waals surface area (Å²) < 4.78 is 0. The Morgan fingerprint density at radius 3 is 1.79 bits per heavy atom. The first-order valence-electron chi connectivity index (χ1n) is 14.7. The van der Waals surface area contributed by atoms with Crippen molar-refractivity contribution in [3.8, 4) is 22.3 Å². The van der Waals surface area contributed by atoms with Crippen molar-refractivity contribution in [1.82, 2.24) is 0 Å². The summed E-state index contributed by atoms with van der Waals surface area (Å²) >= 11 is 0. The van der Waals surface area contributed by atoms with Crippen LogP contribution in [0.5, 0.6) is 0 Å². The van der Waals surface area contributed by atoms with E-state index in [0.29, 0.717) is 0 Å². The molecule has 0 radical (unpaired) electrons. The van der Waals surface area contributed by atoms with Gasteiger partial charge in [0.1, 0.15) is 0 Å². The lowest BCUT2D eigenvalue weighted by Crippen LogP contribution is -2.16. The smallest absolute Gasteiger partial charge is 0.0543 e. The topological polar surface area (TPSA) is 3.24 Å². The van der Waals surface area contributed by atoms with Crippen LogP contribution in [0, 0.1) is 0 Å². The zero-order valence-electron chi connectivity index (χ0n) is 23.9. The molecule has 0 bridgehead atoms. The lowest BCUT2D eigenvalue weighted by Gasteiger charge is -2.30. The molecule has 0 spiro atoms. The molecule has 42 heavy (non-hydrogen) atoms. The number of fused-ring (bicyclic) bond motifs is 5. The zero-order valence-corrected chi connectivity index (χ0v) is 23.9. The van der Waals surface area contributed by atoms with Crippen molar-refractivity contribution in [2.24, 2.45) is 0 Å². The summed E-state index contributed by atoms with van der Waals surface area (Å²) in [5.41, 5.74) is 11.4. The van der Waals surface area contributed by atoms with Crippen molar-refractivity contribution < 1.29 is 0 Å². The molecule has 0 saturated heterocycles. The number of hydrogen-bond donors (Lipinski definition) is 0. The van der Waals surface area contributed by atoms with Crippen molar-refractivity contribution in [2.45, 2.75) is 19.3 Å². The van der Waals surface area contributed by atoms with E-state index in [0.717, 1.165) is 5.69 Å². The van der Waals surface area contributed by atoms with E-state index in [4.69, 9.17) is 0 Å². The van der Waals surface area contributed by atoms with E-state index in [-0.39, 0.29) is 5.41 Å². The Bertz CT molecular complexity index is 2110. The third kappa shape index (κ3) is 3.71. The molecule has 0 N–H and O–H groups in total.